The number of ketones is 1. The van der Waals surface area contributed by atoms with Crippen molar-refractivity contribution in [1.82, 2.24) is 0 Å². The average molecular weight is 322 g/mol. The highest BCUT2D eigenvalue weighted by Crippen LogP contribution is 2.11. The third kappa shape index (κ3) is 4.43. The first-order valence-corrected chi connectivity index (χ1v) is 7.93. The molecular formula is C14H14N2O5S. The number of esters is 1. The molecule has 1 aromatic carbocycles. The molecule has 22 heavy (non-hydrogen) atoms. The van der Waals surface area contributed by atoms with Gasteiger partial charge in [-0.25, -0.2) is 13.2 Å². The maximum absolute atomic E-state index is 11.7. The number of hydrogen-bond acceptors (Lipinski definition) is 7. The first kappa shape index (κ1) is 17.4. The number of Topliss-reactive ketones (excluding diaryl/α,β-unsaturated/α-hetero) is 1. The summed E-state index contributed by atoms with van der Waals surface area (Å²) in [5.41, 5.74) is 5.23. The number of carbonyl (C=O) groups excluding carboxylic acids is 2. The van der Waals surface area contributed by atoms with Gasteiger partial charge in [-0.05, 0) is 31.2 Å². The maximum atomic E-state index is 11.7. The van der Waals surface area contributed by atoms with E-state index in [1.807, 2.05) is 0 Å². The summed E-state index contributed by atoms with van der Waals surface area (Å²) in [4.78, 5) is 23.4. The summed E-state index contributed by atoms with van der Waals surface area (Å²) < 4.78 is 27.4. The molecule has 0 bridgehead atoms. The lowest BCUT2D eigenvalue weighted by Crippen LogP contribution is -2.17. The summed E-state index contributed by atoms with van der Waals surface area (Å²) in [5.74, 6) is -1.51. The van der Waals surface area contributed by atoms with Crippen LogP contribution in [0.4, 0.5) is 0 Å². The summed E-state index contributed by atoms with van der Waals surface area (Å²) >= 11 is 0. The molecule has 1 rings (SSSR count). The van der Waals surface area contributed by atoms with Crippen molar-refractivity contribution in [2.75, 3.05) is 12.9 Å². The summed E-state index contributed by atoms with van der Waals surface area (Å²) in [7, 11) is -3.36. The van der Waals surface area contributed by atoms with Crippen LogP contribution in [0.2, 0.25) is 0 Å². The van der Waals surface area contributed by atoms with E-state index in [1.165, 1.54) is 31.2 Å². The first-order chi connectivity index (χ1) is 10.2. The van der Waals surface area contributed by atoms with Gasteiger partial charge in [-0.1, -0.05) is 0 Å². The van der Waals surface area contributed by atoms with Crippen LogP contribution in [0.15, 0.2) is 40.4 Å². The lowest BCUT2D eigenvalue weighted by molar-refractivity contribution is -0.118. The molecule has 0 radical (unpaired) electrons. The molecule has 0 spiro atoms. The SMILES string of the molecule is C/C(N)=C(/C#N)C(=O)COC(=O)c1ccc(S(C)(=O)=O)cc1. The molecule has 7 nitrogen and oxygen atoms in total. The highest BCUT2D eigenvalue weighted by atomic mass is 32.2. The average Bonchev–Trinajstić information content (AvgIpc) is 2.44. The van der Waals surface area contributed by atoms with Crippen LogP contribution in [0.25, 0.3) is 0 Å². The number of benzene rings is 1. The predicted molar refractivity (Wildman–Crippen MR) is 77.3 cm³/mol. The molecule has 0 heterocycles. The number of hydrogen-bond donors (Lipinski definition) is 1. The van der Waals surface area contributed by atoms with Crippen molar-refractivity contribution in [3.05, 3.63) is 41.1 Å². The van der Waals surface area contributed by atoms with Gasteiger partial charge in [0, 0.05) is 12.0 Å². The standard InChI is InChI=1S/C14H14N2O5S/c1-9(16)12(7-15)13(17)8-21-14(18)10-3-5-11(6-4-10)22(2,19)20/h3-6H,8,16H2,1-2H3/b12-9+. The largest absolute Gasteiger partial charge is 0.454 e. The van der Waals surface area contributed by atoms with Crippen molar-refractivity contribution in [1.29, 1.82) is 5.26 Å². The molecule has 0 aliphatic carbocycles. The molecule has 2 N–H and O–H groups in total. The Morgan fingerprint density at radius 1 is 1.27 bits per heavy atom. The van der Waals surface area contributed by atoms with Crippen LogP contribution in [-0.2, 0) is 19.4 Å². The van der Waals surface area contributed by atoms with E-state index in [2.05, 4.69) is 0 Å². The summed E-state index contributed by atoms with van der Waals surface area (Å²) in [6.45, 7) is 0.770. The zero-order chi connectivity index (χ0) is 16.9. The number of nitrogens with two attached hydrogens (primary N) is 1. The van der Waals surface area contributed by atoms with Gasteiger partial charge in [0.2, 0.25) is 5.78 Å². The topological polar surface area (TPSA) is 127 Å². The predicted octanol–water partition coefficient (Wildman–Crippen LogP) is 0.572. The quantitative estimate of drug-likeness (QED) is 0.477. The van der Waals surface area contributed by atoms with Gasteiger partial charge in [0.1, 0.15) is 11.6 Å². The van der Waals surface area contributed by atoms with Crippen molar-refractivity contribution in [3.8, 4) is 6.07 Å². The van der Waals surface area contributed by atoms with E-state index in [-0.39, 0.29) is 21.7 Å². The molecule has 116 valence electrons. The zero-order valence-corrected chi connectivity index (χ0v) is 12.8. The number of nitrogens with zero attached hydrogens (tertiary/aromatic N) is 1. The number of carbonyl (C=O) groups is 2. The van der Waals surface area contributed by atoms with E-state index in [1.54, 1.807) is 6.07 Å². The van der Waals surface area contributed by atoms with Gasteiger partial charge in [-0.3, -0.25) is 4.79 Å². The second-order valence-corrected chi connectivity index (χ2v) is 6.48. The van der Waals surface area contributed by atoms with Crippen LogP contribution >= 0.6 is 0 Å². The van der Waals surface area contributed by atoms with Gasteiger partial charge in [-0.2, -0.15) is 5.26 Å². The van der Waals surface area contributed by atoms with Crippen molar-refractivity contribution in [3.63, 3.8) is 0 Å². The van der Waals surface area contributed by atoms with Crippen LogP contribution < -0.4 is 5.73 Å². The molecule has 0 amide bonds. The molecule has 0 aliphatic heterocycles. The fourth-order valence-electron chi connectivity index (χ4n) is 1.50. The number of rotatable bonds is 5. The van der Waals surface area contributed by atoms with Crippen LogP contribution in [0.5, 0.6) is 0 Å². The van der Waals surface area contributed by atoms with Crippen LogP contribution in [-0.4, -0.2) is 33.0 Å². The summed E-state index contributed by atoms with van der Waals surface area (Å²) in [6, 6.07) is 6.71. The number of ether oxygens (including phenoxy) is 1. The van der Waals surface area contributed by atoms with E-state index in [0.29, 0.717) is 0 Å². The van der Waals surface area contributed by atoms with Crippen LogP contribution in [0.3, 0.4) is 0 Å². The zero-order valence-electron chi connectivity index (χ0n) is 12.0. The van der Waals surface area contributed by atoms with Gasteiger partial charge in [0.05, 0.1) is 10.5 Å². The molecule has 0 unspecified atom stereocenters. The van der Waals surface area contributed by atoms with Crippen molar-refractivity contribution < 1.29 is 22.7 Å². The van der Waals surface area contributed by atoms with Crippen molar-refractivity contribution in [2.45, 2.75) is 11.8 Å². The van der Waals surface area contributed by atoms with Gasteiger partial charge in [-0.15, -0.1) is 0 Å². The molecule has 0 fully saturated rings. The van der Waals surface area contributed by atoms with E-state index in [9.17, 15) is 18.0 Å². The van der Waals surface area contributed by atoms with E-state index in [4.69, 9.17) is 15.7 Å². The van der Waals surface area contributed by atoms with Gasteiger partial charge < -0.3 is 10.5 Å². The van der Waals surface area contributed by atoms with E-state index < -0.39 is 28.2 Å². The fourth-order valence-corrected chi connectivity index (χ4v) is 2.13. The van der Waals surface area contributed by atoms with Crippen molar-refractivity contribution >= 4 is 21.6 Å². The first-order valence-electron chi connectivity index (χ1n) is 6.03. The third-order valence-corrected chi connectivity index (χ3v) is 3.77. The summed E-state index contributed by atoms with van der Waals surface area (Å²) in [6.07, 6.45) is 1.05. The van der Waals surface area contributed by atoms with Gasteiger partial charge in [0.15, 0.2) is 16.4 Å². The Morgan fingerprint density at radius 3 is 2.23 bits per heavy atom. The minimum absolute atomic E-state index is 0.0426. The second kappa shape index (κ2) is 6.87. The molecule has 1 aromatic rings. The number of sulfone groups is 1. The Labute approximate surface area is 127 Å². The van der Waals surface area contributed by atoms with E-state index in [0.717, 1.165) is 6.26 Å². The normalized spacial score (nSPS) is 12.0. The smallest absolute Gasteiger partial charge is 0.338 e. The molecular weight excluding hydrogens is 308 g/mol. The highest BCUT2D eigenvalue weighted by Gasteiger charge is 2.16. The number of allylic oxidation sites excluding steroid dienone is 1. The van der Waals surface area contributed by atoms with Crippen LogP contribution in [0, 0.1) is 11.3 Å². The van der Waals surface area contributed by atoms with Crippen LogP contribution in [0.1, 0.15) is 17.3 Å². The molecule has 8 heteroatoms. The highest BCUT2D eigenvalue weighted by molar-refractivity contribution is 7.90. The number of nitriles is 1. The van der Waals surface area contributed by atoms with Gasteiger partial charge in [0.25, 0.3) is 0 Å². The molecule has 0 atom stereocenters. The molecule has 0 saturated heterocycles. The molecule has 0 aromatic heterocycles. The Bertz CT molecular complexity index is 766. The second-order valence-electron chi connectivity index (χ2n) is 4.47. The monoisotopic (exact) mass is 322 g/mol. The Hall–Kier alpha value is -2.66. The summed E-state index contributed by atoms with van der Waals surface area (Å²) in [5, 5.41) is 8.75. The Morgan fingerprint density at radius 2 is 1.82 bits per heavy atom. The lowest BCUT2D eigenvalue weighted by atomic mass is 10.1. The van der Waals surface area contributed by atoms with E-state index >= 15 is 0 Å². The fraction of sp³-hybridized carbons (Fsp3) is 0.214. The molecule has 0 saturated carbocycles. The third-order valence-electron chi connectivity index (χ3n) is 2.64. The minimum atomic E-state index is -3.36. The molecule has 0 aliphatic rings. The van der Waals surface area contributed by atoms with Crippen molar-refractivity contribution in [2.24, 2.45) is 5.73 Å². The lowest BCUT2D eigenvalue weighted by Gasteiger charge is -2.05. The Kier molecular flexibility index (Phi) is 5.43. The Balaban J connectivity index is 2.77. The minimum Gasteiger partial charge on any atom is -0.454 e. The maximum Gasteiger partial charge on any atom is 0.338 e. The van der Waals surface area contributed by atoms with Gasteiger partial charge >= 0.3 is 5.97 Å².